The predicted molar refractivity (Wildman–Crippen MR) is 118 cm³/mol. The molecule has 28 heavy (non-hydrogen) atoms. The van der Waals surface area contributed by atoms with Crippen LogP contribution in [-0.4, -0.2) is 27.2 Å². The molecule has 1 heterocycles. The number of rotatable bonds is 4. The first-order valence-corrected chi connectivity index (χ1v) is 9.72. The molecule has 0 unspecified atom stereocenters. The van der Waals surface area contributed by atoms with Gasteiger partial charge in [-0.05, 0) is 47.5 Å². The molecule has 3 aromatic rings. The lowest BCUT2D eigenvalue weighted by molar-refractivity contribution is 0.336. The molecule has 3 rings (SSSR count). The molecule has 0 saturated carbocycles. The van der Waals surface area contributed by atoms with Crippen LogP contribution in [0.4, 0.5) is 5.69 Å². The van der Waals surface area contributed by atoms with Crippen molar-refractivity contribution in [3.63, 3.8) is 0 Å². The van der Waals surface area contributed by atoms with Gasteiger partial charge in [-0.2, -0.15) is 4.98 Å². The monoisotopic (exact) mass is 414 g/mol. The Morgan fingerprint density at radius 3 is 2.36 bits per heavy atom. The molecule has 0 aliphatic heterocycles. The van der Waals surface area contributed by atoms with Crippen molar-refractivity contribution in [3.8, 4) is 11.4 Å². The van der Waals surface area contributed by atoms with E-state index in [-0.39, 0.29) is 5.41 Å². The number of hydrogen-bond donors (Lipinski definition) is 1. The average molecular weight is 415 g/mol. The predicted octanol–water partition coefficient (Wildman–Crippen LogP) is 5.52. The molecule has 1 aromatic heterocycles. The van der Waals surface area contributed by atoms with Crippen LogP contribution in [-0.2, 0) is 12.0 Å². The zero-order valence-electron chi connectivity index (χ0n) is 16.4. The summed E-state index contributed by atoms with van der Waals surface area (Å²) < 4.78 is 5.40. The second-order valence-electron chi connectivity index (χ2n) is 7.63. The van der Waals surface area contributed by atoms with Gasteiger partial charge in [0.15, 0.2) is 5.11 Å². The largest absolute Gasteiger partial charge is 0.343 e. The smallest absolute Gasteiger partial charge is 0.246 e. The van der Waals surface area contributed by atoms with Crippen LogP contribution in [0.1, 0.15) is 32.2 Å². The topological polar surface area (TPSA) is 54.2 Å². The zero-order chi connectivity index (χ0) is 20.3. The van der Waals surface area contributed by atoms with Gasteiger partial charge in [-0.25, -0.2) is 0 Å². The second kappa shape index (κ2) is 8.29. The molecule has 2 aromatic carbocycles. The fourth-order valence-electron chi connectivity index (χ4n) is 2.58. The van der Waals surface area contributed by atoms with Gasteiger partial charge in [0.2, 0.25) is 11.7 Å². The fraction of sp³-hybridized carbons (Fsp3) is 0.286. The minimum Gasteiger partial charge on any atom is -0.343 e. The summed E-state index contributed by atoms with van der Waals surface area (Å²) >= 11 is 11.3. The van der Waals surface area contributed by atoms with Crippen LogP contribution in [0.5, 0.6) is 0 Å². The van der Waals surface area contributed by atoms with E-state index in [2.05, 4.69) is 48.4 Å². The summed E-state index contributed by atoms with van der Waals surface area (Å²) in [4.78, 5) is 6.33. The highest BCUT2D eigenvalue weighted by atomic mass is 35.5. The SMILES string of the molecule is CN(Cc1nc(-c2ccc(C(C)(C)C)cc2)no1)C(=S)Nc1ccc(Cl)cc1. The van der Waals surface area contributed by atoms with Crippen molar-refractivity contribution in [3.05, 3.63) is 65.0 Å². The van der Waals surface area contributed by atoms with Crippen LogP contribution >= 0.6 is 23.8 Å². The van der Waals surface area contributed by atoms with E-state index in [1.54, 1.807) is 0 Å². The second-order valence-corrected chi connectivity index (χ2v) is 8.46. The first kappa shape index (κ1) is 20.3. The maximum absolute atomic E-state index is 5.90. The number of aromatic nitrogens is 2. The van der Waals surface area contributed by atoms with Crippen molar-refractivity contribution in [2.45, 2.75) is 32.7 Å². The summed E-state index contributed by atoms with van der Waals surface area (Å²) in [5.41, 5.74) is 3.16. The number of nitrogens with one attached hydrogen (secondary N) is 1. The fourth-order valence-corrected chi connectivity index (χ4v) is 2.89. The molecule has 0 atom stereocenters. The molecule has 0 aliphatic rings. The molecule has 0 fully saturated rings. The van der Waals surface area contributed by atoms with Gasteiger partial charge in [-0.1, -0.05) is 61.8 Å². The van der Waals surface area contributed by atoms with Crippen LogP contribution in [0.3, 0.4) is 0 Å². The minimum atomic E-state index is 0.108. The van der Waals surface area contributed by atoms with Gasteiger partial charge in [-0.15, -0.1) is 0 Å². The zero-order valence-corrected chi connectivity index (χ0v) is 17.9. The average Bonchev–Trinajstić information content (AvgIpc) is 3.11. The molecule has 0 radical (unpaired) electrons. The van der Waals surface area contributed by atoms with E-state index in [9.17, 15) is 0 Å². The summed E-state index contributed by atoms with van der Waals surface area (Å²) in [7, 11) is 1.87. The van der Waals surface area contributed by atoms with Gasteiger partial charge in [0.05, 0.1) is 6.54 Å². The highest BCUT2D eigenvalue weighted by molar-refractivity contribution is 7.80. The van der Waals surface area contributed by atoms with Crippen LogP contribution in [0.25, 0.3) is 11.4 Å². The van der Waals surface area contributed by atoms with Crippen molar-refractivity contribution in [1.29, 1.82) is 0 Å². The lowest BCUT2D eigenvalue weighted by atomic mass is 9.87. The standard InChI is InChI=1S/C21H23ClN4OS/c1-21(2,3)15-7-5-14(6-8-15)19-24-18(27-25-19)13-26(4)20(28)23-17-11-9-16(22)10-12-17/h5-12H,13H2,1-4H3,(H,23,28). The van der Waals surface area contributed by atoms with E-state index in [1.165, 1.54) is 5.56 Å². The van der Waals surface area contributed by atoms with Gasteiger partial charge in [-0.3, -0.25) is 0 Å². The number of benzene rings is 2. The third kappa shape index (κ3) is 5.09. The number of hydrogen-bond acceptors (Lipinski definition) is 4. The molecule has 1 N–H and O–H groups in total. The maximum Gasteiger partial charge on any atom is 0.246 e. The molecule has 0 spiro atoms. The molecule has 0 bridgehead atoms. The highest BCUT2D eigenvalue weighted by Gasteiger charge is 2.16. The van der Waals surface area contributed by atoms with Gasteiger partial charge in [0, 0.05) is 23.3 Å². The first-order valence-electron chi connectivity index (χ1n) is 8.93. The van der Waals surface area contributed by atoms with E-state index in [0.29, 0.717) is 28.4 Å². The van der Waals surface area contributed by atoms with Gasteiger partial charge in [0.25, 0.3) is 0 Å². The van der Waals surface area contributed by atoms with E-state index in [1.807, 2.05) is 48.3 Å². The van der Waals surface area contributed by atoms with Crippen molar-refractivity contribution in [2.75, 3.05) is 12.4 Å². The van der Waals surface area contributed by atoms with E-state index in [4.69, 9.17) is 28.3 Å². The Labute approximate surface area is 175 Å². The highest BCUT2D eigenvalue weighted by Crippen LogP contribution is 2.25. The number of thiocarbonyl (C=S) groups is 1. The van der Waals surface area contributed by atoms with E-state index in [0.717, 1.165) is 11.3 Å². The van der Waals surface area contributed by atoms with E-state index < -0.39 is 0 Å². The van der Waals surface area contributed by atoms with Gasteiger partial charge < -0.3 is 14.7 Å². The van der Waals surface area contributed by atoms with Crippen LogP contribution in [0.15, 0.2) is 53.1 Å². The molecule has 0 saturated heterocycles. The van der Waals surface area contributed by atoms with Crippen molar-refractivity contribution < 1.29 is 4.52 Å². The van der Waals surface area contributed by atoms with Crippen LogP contribution in [0, 0.1) is 0 Å². The Bertz CT molecular complexity index is 946. The summed E-state index contributed by atoms with van der Waals surface area (Å²) in [6.07, 6.45) is 0. The molecular weight excluding hydrogens is 392 g/mol. The molecule has 146 valence electrons. The third-order valence-corrected chi connectivity index (χ3v) is 4.96. The number of anilines is 1. The number of nitrogens with zero attached hydrogens (tertiary/aromatic N) is 3. The Kier molecular flexibility index (Phi) is 6.01. The summed E-state index contributed by atoms with van der Waals surface area (Å²) in [5.74, 6) is 1.07. The Morgan fingerprint density at radius 1 is 1.11 bits per heavy atom. The molecule has 7 heteroatoms. The third-order valence-electron chi connectivity index (χ3n) is 4.29. The normalized spacial score (nSPS) is 11.3. The van der Waals surface area contributed by atoms with Crippen molar-refractivity contribution in [2.24, 2.45) is 0 Å². The lowest BCUT2D eigenvalue weighted by Gasteiger charge is -2.19. The maximum atomic E-state index is 5.90. The first-order chi connectivity index (χ1) is 13.2. The lowest BCUT2D eigenvalue weighted by Crippen LogP contribution is -2.30. The molecule has 0 aliphatic carbocycles. The van der Waals surface area contributed by atoms with Crippen LogP contribution in [0.2, 0.25) is 5.02 Å². The van der Waals surface area contributed by atoms with Crippen LogP contribution < -0.4 is 5.32 Å². The molecule has 5 nitrogen and oxygen atoms in total. The van der Waals surface area contributed by atoms with Gasteiger partial charge in [0.1, 0.15) is 0 Å². The Hall–Kier alpha value is -2.44. The summed E-state index contributed by atoms with van der Waals surface area (Å²) in [6, 6.07) is 15.6. The Morgan fingerprint density at radius 2 is 1.75 bits per heavy atom. The number of halogens is 1. The van der Waals surface area contributed by atoms with Crippen molar-refractivity contribution in [1.82, 2.24) is 15.0 Å². The quantitative estimate of drug-likeness (QED) is 0.567. The van der Waals surface area contributed by atoms with E-state index >= 15 is 0 Å². The van der Waals surface area contributed by atoms with Gasteiger partial charge >= 0.3 is 0 Å². The molecule has 0 amide bonds. The molecular formula is C21H23ClN4OS. The summed E-state index contributed by atoms with van der Waals surface area (Å²) in [6.45, 7) is 6.97. The van der Waals surface area contributed by atoms with Crippen molar-refractivity contribution >= 4 is 34.6 Å². The summed E-state index contributed by atoms with van der Waals surface area (Å²) in [5, 5.41) is 8.48. The Balaban J connectivity index is 1.63. The minimum absolute atomic E-state index is 0.108.